The van der Waals surface area contributed by atoms with E-state index in [1.807, 2.05) is 16.7 Å². The second-order valence-electron chi connectivity index (χ2n) is 10.1. The fourth-order valence-electron chi connectivity index (χ4n) is 4.97. The third-order valence-corrected chi connectivity index (χ3v) is 6.80. The van der Waals surface area contributed by atoms with E-state index in [4.69, 9.17) is 9.47 Å². The smallest absolute Gasteiger partial charge is 0.341 e. The van der Waals surface area contributed by atoms with E-state index in [9.17, 15) is 14.7 Å². The number of likely N-dealkylation sites (tertiary alicyclic amines) is 1. The Labute approximate surface area is 194 Å². The van der Waals surface area contributed by atoms with Crippen molar-refractivity contribution in [2.45, 2.75) is 52.5 Å². The standard InChI is InChI=1S/C26H34N2O5/c1-26(2,3)24-13-17-12-23(33-11-7-10-27-8-5-6-9-27)22(32-4)14-18(17)20-15-21(29)19(25(30)31)16-28(20)24/h12,14-16,24H,5-11,13H2,1-4H3,(H,30,31). The lowest BCUT2D eigenvalue weighted by Crippen LogP contribution is -2.32. The molecule has 0 radical (unpaired) electrons. The summed E-state index contributed by atoms with van der Waals surface area (Å²) in [6, 6.07) is 5.38. The van der Waals surface area contributed by atoms with Crippen molar-refractivity contribution >= 4 is 5.97 Å². The number of ether oxygens (including phenoxy) is 2. The molecule has 178 valence electrons. The van der Waals surface area contributed by atoms with Gasteiger partial charge in [-0.05, 0) is 61.9 Å². The van der Waals surface area contributed by atoms with E-state index in [1.165, 1.54) is 38.2 Å². The molecule has 1 aromatic carbocycles. The monoisotopic (exact) mass is 454 g/mol. The number of hydrogen-bond donors (Lipinski definition) is 1. The number of carboxylic acids is 1. The molecule has 3 heterocycles. The summed E-state index contributed by atoms with van der Waals surface area (Å²) in [7, 11) is 1.61. The van der Waals surface area contributed by atoms with Crippen LogP contribution in [0.15, 0.2) is 29.2 Å². The zero-order chi connectivity index (χ0) is 23.8. The highest BCUT2D eigenvalue weighted by atomic mass is 16.5. The molecule has 0 amide bonds. The summed E-state index contributed by atoms with van der Waals surface area (Å²) < 4.78 is 13.7. The fourth-order valence-corrected chi connectivity index (χ4v) is 4.97. The van der Waals surface area contributed by atoms with Crippen molar-refractivity contribution in [3.8, 4) is 22.8 Å². The molecule has 1 saturated heterocycles. The van der Waals surface area contributed by atoms with Crippen LogP contribution in [0.5, 0.6) is 11.5 Å². The number of carbonyl (C=O) groups is 1. The molecule has 2 aliphatic heterocycles. The van der Waals surface area contributed by atoms with E-state index < -0.39 is 11.4 Å². The molecule has 7 heteroatoms. The molecule has 0 spiro atoms. The van der Waals surface area contributed by atoms with Crippen LogP contribution in [0, 0.1) is 5.41 Å². The van der Waals surface area contributed by atoms with Crippen molar-refractivity contribution in [2.75, 3.05) is 33.4 Å². The molecule has 1 aromatic heterocycles. The van der Waals surface area contributed by atoms with Gasteiger partial charge in [0.1, 0.15) is 5.56 Å². The van der Waals surface area contributed by atoms with Gasteiger partial charge in [0.25, 0.3) is 0 Å². The van der Waals surface area contributed by atoms with Gasteiger partial charge in [-0.15, -0.1) is 0 Å². The topological polar surface area (TPSA) is 81.0 Å². The van der Waals surface area contributed by atoms with Crippen LogP contribution < -0.4 is 14.9 Å². The van der Waals surface area contributed by atoms with Gasteiger partial charge in [0.2, 0.25) is 0 Å². The highest BCUT2D eigenvalue weighted by Gasteiger charge is 2.34. The molecular weight excluding hydrogens is 420 g/mol. The van der Waals surface area contributed by atoms with Gasteiger partial charge in [-0.1, -0.05) is 20.8 Å². The van der Waals surface area contributed by atoms with Crippen molar-refractivity contribution < 1.29 is 19.4 Å². The Morgan fingerprint density at radius 2 is 1.88 bits per heavy atom. The number of carboxylic acid groups (broad SMARTS) is 1. The summed E-state index contributed by atoms with van der Waals surface area (Å²) in [6.45, 7) is 10.4. The van der Waals surface area contributed by atoms with Crippen LogP contribution in [0.3, 0.4) is 0 Å². The number of methoxy groups -OCH3 is 1. The molecule has 0 bridgehead atoms. The van der Waals surface area contributed by atoms with Crippen LogP contribution in [-0.2, 0) is 6.42 Å². The van der Waals surface area contributed by atoms with Crippen LogP contribution in [0.2, 0.25) is 0 Å². The molecule has 33 heavy (non-hydrogen) atoms. The van der Waals surface area contributed by atoms with E-state index in [0.717, 1.165) is 24.1 Å². The minimum Gasteiger partial charge on any atom is -0.493 e. The third kappa shape index (κ3) is 4.78. The molecule has 0 saturated carbocycles. The first kappa shape index (κ1) is 23.4. The average Bonchev–Trinajstić information content (AvgIpc) is 3.28. The van der Waals surface area contributed by atoms with Gasteiger partial charge >= 0.3 is 5.97 Å². The molecule has 0 aliphatic carbocycles. The van der Waals surface area contributed by atoms with Crippen LogP contribution in [-0.4, -0.2) is 53.9 Å². The van der Waals surface area contributed by atoms with Crippen LogP contribution in [0.4, 0.5) is 0 Å². The average molecular weight is 455 g/mol. The number of fused-ring (bicyclic) bond motifs is 3. The molecule has 2 aromatic rings. The third-order valence-electron chi connectivity index (χ3n) is 6.80. The molecule has 1 unspecified atom stereocenters. The normalized spacial score (nSPS) is 18.0. The highest BCUT2D eigenvalue weighted by molar-refractivity contribution is 5.88. The summed E-state index contributed by atoms with van der Waals surface area (Å²) in [5.74, 6) is 0.123. The van der Waals surface area contributed by atoms with E-state index in [0.29, 0.717) is 30.2 Å². The molecular formula is C26H34N2O5. The Balaban J connectivity index is 1.68. The summed E-state index contributed by atoms with van der Waals surface area (Å²) >= 11 is 0. The van der Waals surface area contributed by atoms with Gasteiger partial charge in [0, 0.05) is 30.4 Å². The van der Waals surface area contributed by atoms with Gasteiger partial charge in [-0.25, -0.2) is 4.79 Å². The Hall–Kier alpha value is -2.80. The van der Waals surface area contributed by atoms with E-state index in [-0.39, 0.29) is 17.0 Å². The van der Waals surface area contributed by atoms with Crippen LogP contribution >= 0.6 is 0 Å². The molecule has 1 N–H and O–H groups in total. The van der Waals surface area contributed by atoms with Gasteiger partial charge in [-0.3, -0.25) is 4.79 Å². The number of aromatic carboxylic acids is 1. The van der Waals surface area contributed by atoms with Crippen LogP contribution in [0.25, 0.3) is 11.3 Å². The number of nitrogens with zero attached hydrogens (tertiary/aromatic N) is 2. The predicted octanol–water partition coefficient (Wildman–Crippen LogP) is 4.23. The van der Waals surface area contributed by atoms with Gasteiger partial charge in [0.15, 0.2) is 16.9 Å². The molecule has 1 fully saturated rings. The summed E-state index contributed by atoms with van der Waals surface area (Å²) in [5.41, 5.74) is 1.83. The number of aromatic nitrogens is 1. The maximum atomic E-state index is 12.5. The molecule has 1 atom stereocenters. The minimum atomic E-state index is -1.20. The van der Waals surface area contributed by atoms with Gasteiger partial charge in [0.05, 0.1) is 19.4 Å². The molecule has 4 rings (SSSR count). The van der Waals surface area contributed by atoms with E-state index >= 15 is 0 Å². The Bertz CT molecular complexity index is 1090. The summed E-state index contributed by atoms with van der Waals surface area (Å²) in [4.78, 5) is 26.6. The largest absolute Gasteiger partial charge is 0.493 e. The second kappa shape index (κ2) is 9.21. The maximum Gasteiger partial charge on any atom is 0.341 e. The predicted molar refractivity (Wildman–Crippen MR) is 128 cm³/mol. The van der Waals surface area contributed by atoms with Gasteiger partial charge in [-0.2, -0.15) is 0 Å². The van der Waals surface area contributed by atoms with E-state index in [1.54, 1.807) is 7.11 Å². The first-order valence-electron chi connectivity index (χ1n) is 11.7. The summed E-state index contributed by atoms with van der Waals surface area (Å²) in [6.07, 6.45) is 5.73. The number of hydrogen-bond acceptors (Lipinski definition) is 5. The summed E-state index contributed by atoms with van der Waals surface area (Å²) in [5, 5.41) is 9.49. The number of rotatable bonds is 7. The SMILES string of the molecule is COc1cc2c(cc1OCCCN1CCCC1)CC(C(C)(C)C)n1cc(C(=O)O)c(=O)cc1-2. The fraction of sp³-hybridized carbons (Fsp3) is 0.538. The van der Waals surface area contributed by atoms with Crippen molar-refractivity contribution in [1.82, 2.24) is 9.47 Å². The zero-order valence-electron chi connectivity index (χ0n) is 20.0. The van der Waals surface area contributed by atoms with Crippen molar-refractivity contribution in [2.24, 2.45) is 5.41 Å². The minimum absolute atomic E-state index is 0.00453. The maximum absolute atomic E-state index is 12.5. The lowest BCUT2D eigenvalue weighted by molar-refractivity contribution is 0.0693. The lowest BCUT2D eigenvalue weighted by atomic mass is 9.78. The lowest BCUT2D eigenvalue weighted by Gasteiger charge is -2.39. The molecule has 7 nitrogen and oxygen atoms in total. The van der Waals surface area contributed by atoms with Crippen molar-refractivity contribution in [3.05, 3.63) is 45.7 Å². The quantitative estimate of drug-likeness (QED) is 0.631. The zero-order valence-corrected chi connectivity index (χ0v) is 20.0. The van der Waals surface area contributed by atoms with Crippen molar-refractivity contribution in [1.29, 1.82) is 0 Å². The van der Waals surface area contributed by atoms with Crippen molar-refractivity contribution in [3.63, 3.8) is 0 Å². The van der Waals surface area contributed by atoms with Crippen LogP contribution in [0.1, 0.15) is 62.0 Å². The number of pyridine rings is 1. The van der Waals surface area contributed by atoms with Gasteiger partial charge < -0.3 is 24.0 Å². The first-order chi connectivity index (χ1) is 15.7. The number of benzene rings is 1. The molecule has 2 aliphatic rings. The van der Waals surface area contributed by atoms with E-state index in [2.05, 4.69) is 25.7 Å². The highest BCUT2D eigenvalue weighted by Crippen LogP contribution is 2.45. The second-order valence-corrected chi connectivity index (χ2v) is 10.1. The first-order valence-corrected chi connectivity index (χ1v) is 11.7. The Morgan fingerprint density at radius 3 is 2.52 bits per heavy atom. The Morgan fingerprint density at radius 1 is 1.15 bits per heavy atom. The Kier molecular flexibility index (Phi) is 6.52.